The van der Waals surface area contributed by atoms with Crippen molar-refractivity contribution in [1.29, 1.82) is 0 Å². The molecule has 27 heavy (non-hydrogen) atoms. The number of halogens is 1. The highest BCUT2D eigenvalue weighted by molar-refractivity contribution is 6.31. The maximum Gasteiger partial charge on any atom is 0.274 e. The molecule has 1 aromatic heterocycles. The molecule has 0 saturated carbocycles. The van der Waals surface area contributed by atoms with Crippen LogP contribution in [0.1, 0.15) is 59.1 Å². The molecule has 1 aromatic carbocycles. The molecule has 1 atom stereocenters. The van der Waals surface area contributed by atoms with Gasteiger partial charge in [0, 0.05) is 23.3 Å². The predicted molar refractivity (Wildman–Crippen MR) is 107 cm³/mol. The number of hydrogen-bond donors (Lipinski definition) is 1. The summed E-state index contributed by atoms with van der Waals surface area (Å²) < 4.78 is 0. The zero-order chi connectivity index (χ0) is 19.4. The van der Waals surface area contributed by atoms with Gasteiger partial charge in [0.15, 0.2) is 0 Å². The van der Waals surface area contributed by atoms with Crippen molar-refractivity contribution in [2.24, 2.45) is 0 Å². The fraction of sp³-hybridized carbons (Fsp3) is 0.381. The lowest BCUT2D eigenvalue weighted by molar-refractivity contribution is 0.0602. The second kappa shape index (κ2) is 8.53. The van der Waals surface area contributed by atoms with Crippen LogP contribution in [-0.2, 0) is 0 Å². The first-order valence-corrected chi connectivity index (χ1v) is 9.73. The highest BCUT2D eigenvalue weighted by Crippen LogP contribution is 2.22. The minimum Gasteiger partial charge on any atom is -0.334 e. The van der Waals surface area contributed by atoms with Crippen molar-refractivity contribution < 1.29 is 9.59 Å². The van der Waals surface area contributed by atoms with E-state index < -0.39 is 0 Å². The molecular weight excluding hydrogens is 362 g/mol. The number of aromatic nitrogens is 1. The maximum absolute atomic E-state index is 12.9. The van der Waals surface area contributed by atoms with Gasteiger partial charge in [-0.15, -0.1) is 0 Å². The van der Waals surface area contributed by atoms with Crippen LogP contribution in [0.25, 0.3) is 0 Å². The van der Waals surface area contributed by atoms with E-state index in [2.05, 4.69) is 17.2 Å². The standard InChI is InChI=1S/C21H24ClN3O2/c1-3-16-7-4-5-12-25(16)21(27)18-9-6-8-17(23-18)20(26)24-19-13-15(22)11-10-14(19)2/h6,8-11,13,16H,3-5,7,12H2,1-2H3,(H,24,26). The Kier molecular flexibility index (Phi) is 6.11. The average molecular weight is 386 g/mol. The van der Waals surface area contributed by atoms with Crippen LogP contribution in [0.15, 0.2) is 36.4 Å². The van der Waals surface area contributed by atoms with E-state index in [4.69, 9.17) is 11.6 Å². The van der Waals surface area contributed by atoms with Gasteiger partial charge in [0.05, 0.1) is 0 Å². The number of carbonyl (C=O) groups is 2. The van der Waals surface area contributed by atoms with Crippen molar-refractivity contribution in [2.75, 3.05) is 11.9 Å². The fourth-order valence-electron chi connectivity index (χ4n) is 3.44. The largest absolute Gasteiger partial charge is 0.334 e. The van der Waals surface area contributed by atoms with Crippen LogP contribution < -0.4 is 5.32 Å². The van der Waals surface area contributed by atoms with Gasteiger partial charge in [0.2, 0.25) is 0 Å². The van der Waals surface area contributed by atoms with Crippen LogP contribution in [0.5, 0.6) is 0 Å². The van der Waals surface area contributed by atoms with Crippen molar-refractivity contribution in [3.63, 3.8) is 0 Å². The summed E-state index contributed by atoms with van der Waals surface area (Å²) >= 11 is 6.01. The molecule has 142 valence electrons. The number of aryl methyl sites for hydroxylation is 1. The summed E-state index contributed by atoms with van der Waals surface area (Å²) in [5, 5.41) is 3.37. The molecule has 1 N–H and O–H groups in total. The molecule has 2 amide bonds. The van der Waals surface area contributed by atoms with E-state index in [1.165, 1.54) is 0 Å². The molecule has 0 spiro atoms. The number of rotatable bonds is 4. The second-order valence-electron chi connectivity index (χ2n) is 6.88. The molecular formula is C21H24ClN3O2. The number of piperidine rings is 1. The molecule has 1 saturated heterocycles. The summed E-state index contributed by atoms with van der Waals surface area (Å²) in [6.45, 7) is 4.73. The average Bonchev–Trinajstić information content (AvgIpc) is 2.70. The van der Waals surface area contributed by atoms with Gasteiger partial charge < -0.3 is 10.2 Å². The highest BCUT2D eigenvalue weighted by Gasteiger charge is 2.27. The second-order valence-corrected chi connectivity index (χ2v) is 7.31. The van der Waals surface area contributed by atoms with Gasteiger partial charge in [-0.3, -0.25) is 9.59 Å². The van der Waals surface area contributed by atoms with E-state index >= 15 is 0 Å². The number of nitrogens with zero attached hydrogens (tertiary/aromatic N) is 2. The Hall–Kier alpha value is -2.40. The number of likely N-dealkylation sites (tertiary alicyclic amines) is 1. The number of carbonyl (C=O) groups excluding carboxylic acids is 2. The topological polar surface area (TPSA) is 62.3 Å². The lowest BCUT2D eigenvalue weighted by Crippen LogP contribution is -2.43. The van der Waals surface area contributed by atoms with E-state index in [0.29, 0.717) is 16.4 Å². The number of nitrogens with one attached hydrogen (secondary N) is 1. The molecule has 0 aliphatic carbocycles. The molecule has 1 aliphatic heterocycles. The Morgan fingerprint density at radius 1 is 1.22 bits per heavy atom. The molecule has 2 heterocycles. The van der Waals surface area contributed by atoms with E-state index in [1.807, 2.05) is 17.9 Å². The van der Waals surface area contributed by atoms with Crippen molar-refractivity contribution >= 4 is 29.1 Å². The normalized spacial score (nSPS) is 16.9. The minimum atomic E-state index is -0.360. The van der Waals surface area contributed by atoms with Gasteiger partial charge in [-0.1, -0.05) is 30.7 Å². The lowest BCUT2D eigenvalue weighted by Gasteiger charge is -2.35. The van der Waals surface area contributed by atoms with E-state index in [1.54, 1.807) is 30.3 Å². The Morgan fingerprint density at radius 2 is 2.00 bits per heavy atom. The Balaban J connectivity index is 1.79. The number of hydrogen-bond acceptors (Lipinski definition) is 3. The third-order valence-corrected chi connectivity index (χ3v) is 5.24. The minimum absolute atomic E-state index is 0.102. The first-order valence-electron chi connectivity index (χ1n) is 9.35. The number of benzene rings is 1. The molecule has 0 radical (unpaired) electrons. The molecule has 1 fully saturated rings. The predicted octanol–water partition coefficient (Wildman–Crippen LogP) is 4.70. The molecule has 3 rings (SSSR count). The van der Waals surface area contributed by atoms with Gasteiger partial charge >= 0.3 is 0 Å². The summed E-state index contributed by atoms with van der Waals surface area (Å²) in [5.41, 5.74) is 2.06. The monoisotopic (exact) mass is 385 g/mol. The molecule has 6 heteroatoms. The van der Waals surface area contributed by atoms with Crippen LogP contribution in [0, 0.1) is 6.92 Å². The van der Waals surface area contributed by atoms with Gasteiger partial charge in [-0.05, 0) is 62.4 Å². The number of pyridine rings is 1. The molecule has 1 unspecified atom stereocenters. The third kappa shape index (κ3) is 4.48. The first-order chi connectivity index (χ1) is 13.0. The zero-order valence-corrected chi connectivity index (χ0v) is 16.4. The first kappa shape index (κ1) is 19.4. The van der Waals surface area contributed by atoms with E-state index in [9.17, 15) is 9.59 Å². The number of anilines is 1. The lowest BCUT2D eigenvalue weighted by atomic mass is 9.99. The SMILES string of the molecule is CCC1CCCCN1C(=O)c1cccc(C(=O)Nc2cc(Cl)ccc2C)n1. The number of amides is 2. The van der Waals surface area contributed by atoms with Crippen LogP contribution in [0.3, 0.4) is 0 Å². The van der Waals surface area contributed by atoms with Crippen molar-refractivity contribution in [3.05, 3.63) is 58.4 Å². The van der Waals surface area contributed by atoms with Crippen LogP contribution in [0.2, 0.25) is 5.02 Å². The van der Waals surface area contributed by atoms with Crippen molar-refractivity contribution in [2.45, 2.75) is 45.6 Å². The molecule has 5 nitrogen and oxygen atoms in total. The van der Waals surface area contributed by atoms with E-state index in [0.717, 1.165) is 37.8 Å². The van der Waals surface area contributed by atoms with Crippen molar-refractivity contribution in [1.82, 2.24) is 9.88 Å². The summed E-state index contributed by atoms with van der Waals surface area (Å²) in [6, 6.07) is 10.5. The van der Waals surface area contributed by atoms with Gasteiger partial charge in [-0.2, -0.15) is 0 Å². The quantitative estimate of drug-likeness (QED) is 0.829. The Bertz CT molecular complexity index is 853. The van der Waals surface area contributed by atoms with Crippen LogP contribution in [-0.4, -0.2) is 34.3 Å². The molecule has 2 aromatic rings. The van der Waals surface area contributed by atoms with Gasteiger partial charge in [0.25, 0.3) is 11.8 Å². The highest BCUT2D eigenvalue weighted by atomic mass is 35.5. The summed E-state index contributed by atoms with van der Waals surface area (Å²) in [7, 11) is 0. The maximum atomic E-state index is 12.9. The molecule has 1 aliphatic rings. The fourth-order valence-corrected chi connectivity index (χ4v) is 3.61. The Labute approximate surface area is 164 Å². The summed E-state index contributed by atoms with van der Waals surface area (Å²) in [4.78, 5) is 31.7. The smallest absolute Gasteiger partial charge is 0.274 e. The van der Waals surface area contributed by atoms with Gasteiger partial charge in [0.1, 0.15) is 11.4 Å². The van der Waals surface area contributed by atoms with E-state index in [-0.39, 0.29) is 23.6 Å². The third-order valence-electron chi connectivity index (χ3n) is 5.01. The Morgan fingerprint density at radius 3 is 2.78 bits per heavy atom. The van der Waals surface area contributed by atoms with Crippen molar-refractivity contribution in [3.8, 4) is 0 Å². The van der Waals surface area contributed by atoms with Crippen LogP contribution in [0.4, 0.5) is 5.69 Å². The zero-order valence-electron chi connectivity index (χ0n) is 15.7. The summed E-state index contributed by atoms with van der Waals surface area (Å²) in [5.74, 6) is -0.462. The molecule has 0 bridgehead atoms. The van der Waals surface area contributed by atoms with Crippen LogP contribution >= 0.6 is 11.6 Å². The van der Waals surface area contributed by atoms with Gasteiger partial charge in [-0.25, -0.2) is 4.98 Å². The summed E-state index contributed by atoms with van der Waals surface area (Å²) in [6.07, 6.45) is 4.12.